The minimum absolute atomic E-state index is 0.751. The van der Waals surface area contributed by atoms with Crippen LogP contribution in [0.4, 0.5) is 5.69 Å². The average molecular weight is 199 g/mol. The van der Waals surface area contributed by atoms with E-state index < -0.39 is 0 Å². The van der Waals surface area contributed by atoms with Crippen molar-refractivity contribution in [1.82, 2.24) is 9.97 Å². The molecule has 2 aromatic rings. The van der Waals surface area contributed by atoms with Crippen molar-refractivity contribution >= 4 is 5.69 Å². The molecule has 1 aromatic carbocycles. The lowest BCUT2D eigenvalue weighted by Crippen LogP contribution is -1.94. The van der Waals surface area contributed by atoms with Crippen molar-refractivity contribution in [3.05, 3.63) is 41.9 Å². The molecule has 0 saturated carbocycles. The van der Waals surface area contributed by atoms with Crippen LogP contribution in [0.25, 0.3) is 11.3 Å². The molecule has 0 aliphatic rings. The van der Waals surface area contributed by atoms with E-state index in [-0.39, 0.29) is 0 Å². The monoisotopic (exact) mass is 199 g/mol. The summed E-state index contributed by atoms with van der Waals surface area (Å²) >= 11 is 0. The molecule has 2 N–H and O–H groups in total. The highest BCUT2D eigenvalue weighted by atomic mass is 14.9. The second-order valence-electron chi connectivity index (χ2n) is 3.57. The first-order valence-electron chi connectivity index (χ1n) is 4.83. The highest BCUT2D eigenvalue weighted by Crippen LogP contribution is 2.19. The van der Waals surface area contributed by atoms with Gasteiger partial charge in [0.1, 0.15) is 5.82 Å². The number of nitrogen functional groups attached to an aromatic ring is 1. The number of aromatic nitrogens is 2. The van der Waals surface area contributed by atoms with E-state index >= 15 is 0 Å². The van der Waals surface area contributed by atoms with Gasteiger partial charge in [-0.3, -0.25) is 0 Å². The van der Waals surface area contributed by atoms with Gasteiger partial charge >= 0.3 is 0 Å². The first kappa shape index (κ1) is 9.65. The SMILES string of the molecule is Cc1cc(-c2cccc(N)c2)nc(C)n1. The zero-order valence-corrected chi connectivity index (χ0v) is 8.86. The number of nitrogens with zero attached hydrogens (tertiary/aromatic N) is 2. The standard InChI is InChI=1S/C12H13N3/c1-8-6-12(15-9(2)14-8)10-4-3-5-11(13)7-10/h3-7H,13H2,1-2H3. The van der Waals surface area contributed by atoms with E-state index in [1.807, 2.05) is 44.2 Å². The van der Waals surface area contributed by atoms with Gasteiger partial charge in [0, 0.05) is 16.9 Å². The maximum atomic E-state index is 5.73. The summed E-state index contributed by atoms with van der Waals surface area (Å²) < 4.78 is 0. The van der Waals surface area contributed by atoms with Gasteiger partial charge < -0.3 is 5.73 Å². The molecule has 1 heterocycles. The molecule has 1 aromatic heterocycles. The van der Waals surface area contributed by atoms with Gasteiger partial charge in [-0.05, 0) is 32.0 Å². The Bertz CT molecular complexity index is 472. The Morgan fingerprint density at radius 3 is 2.53 bits per heavy atom. The van der Waals surface area contributed by atoms with Gasteiger partial charge in [-0.25, -0.2) is 9.97 Å². The second kappa shape index (κ2) is 3.69. The van der Waals surface area contributed by atoms with Crippen LogP contribution < -0.4 is 5.73 Å². The number of nitrogens with two attached hydrogens (primary N) is 1. The van der Waals surface area contributed by atoms with E-state index in [0.29, 0.717) is 0 Å². The van der Waals surface area contributed by atoms with Crippen molar-refractivity contribution in [2.75, 3.05) is 5.73 Å². The molecule has 0 aliphatic heterocycles. The molecule has 3 nitrogen and oxygen atoms in total. The predicted molar refractivity (Wildman–Crippen MR) is 61.4 cm³/mol. The topological polar surface area (TPSA) is 51.8 Å². The second-order valence-corrected chi connectivity index (χ2v) is 3.57. The van der Waals surface area contributed by atoms with Crippen LogP contribution in [-0.2, 0) is 0 Å². The van der Waals surface area contributed by atoms with Crippen LogP contribution in [0.5, 0.6) is 0 Å². The Hall–Kier alpha value is -1.90. The molecule has 3 heteroatoms. The lowest BCUT2D eigenvalue weighted by molar-refractivity contribution is 1.02. The average Bonchev–Trinajstić information content (AvgIpc) is 2.16. The number of hydrogen-bond donors (Lipinski definition) is 1. The highest BCUT2D eigenvalue weighted by Gasteiger charge is 2.01. The molecule has 0 atom stereocenters. The van der Waals surface area contributed by atoms with Gasteiger partial charge in [0.15, 0.2) is 0 Å². The van der Waals surface area contributed by atoms with Crippen LogP contribution in [0.15, 0.2) is 30.3 Å². The van der Waals surface area contributed by atoms with Gasteiger partial charge in [0.25, 0.3) is 0 Å². The zero-order chi connectivity index (χ0) is 10.8. The fourth-order valence-electron chi connectivity index (χ4n) is 1.56. The predicted octanol–water partition coefficient (Wildman–Crippen LogP) is 2.34. The van der Waals surface area contributed by atoms with E-state index in [1.54, 1.807) is 0 Å². The summed E-state index contributed by atoms with van der Waals surface area (Å²) in [6, 6.07) is 9.67. The Labute approximate surface area is 89.0 Å². The summed E-state index contributed by atoms with van der Waals surface area (Å²) in [7, 11) is 0. The van der Waals surface area contributed by atoms with Crippen LogP contribution >= 0.6 is 0 Å². The zero-order valence-electron chi connectivity index (χ0n) is 8.86. The third kappa shape index (κ3) is 2.13. The molecule has 0 saturated heterocycles. The molecule has 0 spiro atoms. The van der Waals surface area contributed by atoms with Crippen LogP contribution in [0.3, 0.4) is 0 Å². The highest BCUT2D eigenvalue weighted by molar-refractivity contribution is 5.64. The Morgan fingerprint density at radius 1 is 1.07 bits per heavy atom. The third-order valence-electron chi connectivity index (χ3n) is 2.15. The summed E-state index contributed by atoms with van der Waals surface area (Å²) in [5, 5.41) is 0. The van der Waals surface area contributed by atoms with Crippen molar-refractivity contribution in [1.29, 1.82) is 0 Å². The van der Waals surface area contributed by atoms with Crippen molar-refractivity contribution < 1.29 is 0 Å². The molecule has 0 aliphatic carbocycles. The molecule has 0 fully saturated rings. The smallest absolute Gasteiger partial charge is 0.126 e. The molecule has 0 radical (unpaired) electrons. The summed E-state index contributed by atoms with van der Waals surface area (Å²) in [5.74, 6) is 0.785. The van der Waals surface area contributed by atoms with Crippen molar-refractivity contribution in [2.24, 2.45) is 0 Å². The van der Waals surface area contributed by atoms with E-state index in [9.17, 15) is 0 Å². The molecule has 15 heavy (non-hydrogen) atoms. The summed E-state index contributed by atoms with van der Waals surface area (Å²) in [6.45, 7) is 3.85. The first-order chi connectivity index (χ1) is 7.15. The number of benzene rings is 1. The molecule has 76 valence electrons. The molecular weight excluding hydrogens is 186 g/mol. The molecule has 2 rings (SSSR count). The number of anilines is 1. The molecular formula is C12H13N3. The van der Waals surface area contributed by atoms with Gasteiger partial charge in [-0.15, -0.1) is 0 Å². The van der Waals surface area contributed by atoms with E-state index in [2.05, 4.69) is 9.97 Å². The van der Waals surface area contributed by atoms with Crippen LogP contribution in [-0.4, -0.2) is 9.97 Å². The molecule has 0 amide bonds. The van der Waals surface area contributed by atoms with Gasteiger partial charge in [0.05, 0.1) is 5.69 Å². The van der Waals surface area contributed by atoms with Crippen molar-refractivity contribution in [2.45, 2.75) is 13.8 Å². The van der Waals surface area contributed by atoms with E-state index in [1.165, 1.54) is 0 Å². The Balaban J connectivity index is 2.54. The largest absolute Gasteiger partial charge is 0.399 e. The van der Waals surface area contributed by atoms with Crippen molar-refractivity contribution in [3.63, 3.8) is 0 Å². The minimum atomic E-state index is 0.751. The maximum Gasteiger partial charge on any atom is 0.126 e. The minimum Gasteiger partial charge on any atom is -0.399 e. The molecule has 0 bridgehead atoms. The number of aryl methyl sites for hydroxylation is 2. The third-order valence-corrected chi connectivity index (χ3v) is 2.15. The summed E-state index contributed by atoms with van der Waals surface area (Å²) in [5.41, 5.74) is 9.41. The quantitative estimate of drug-likeness (QED) is 0.717. The fourth-order valence-corrected chi connectivity index (χ4v) is 1.56. The van der Waals surface area contributed by atoms with Gasteiger partial charge in [-0.2, -0.15) is 0 Å². The fraction of sp³-hybridized carbons (Fsp3) is 0.167. The Morgan fingerprint density at radius 2 is 1.87 bits per heavy atom. The summed E-state index contributed by atoms with van der Waals surface area (Å²) in [4.78, 5) is 8.62. The van der Waals surface area contributed by atoms with Crippen LogP contribution in [0.1, 0.15) is 11.5 Å². The number of hydrogen-bond acceptors (Lipinski definition) is 3. The van der Waals surface area contributed by atoms with Gasteiger partial charge in [-0.1, -0.05) is 12.1 Å². The van der Waals surface area contributed by atoms with Crippen LogP contribution in [0, 0.1) is 13.8 Å². The Kier molecular flexibility index (Phi) is 2.37. The van der Waals surface area contributed by atoms with Crippen LogP contribution in [0.2, 0.25) is 0 Å². The maximum absolute atomic E-state index is 5.73. The number of rotatable bonds is 1. The van der Waals surface area contributed by atoms with Crippen molar-refractivity contribution in [3.8, 4) is 11.3 Å². The lowest BCUT2D eigenvalue weighted by Gasteiger charge is -2.04. The lowest BCUT2D eigenvalue weighted by atomic mass is 10.1. The normalized spacial score (nSPS) is 10.3. The summed E-state index contributed by atoms with van der Waals surface area (Å²) in [6.07, 6.45) is 0. The van der Waals surface area contributed by atoms with E-state index in [4.69, 9.17) is 5.73 Å². The van der Waals surface area contributed by atoms with Gasteiger partial charge in [0.2, 0.25) is 0 Å². The first-order valence-corrected chi connectivity index (χ1v) is 4.83. The molecule has 0 unspecified atom stereocenters. The van der Waals surface area contributed by atoms with E-state index in [0.717, 1.165) is 28.5 Å².